The van der Waals surface area contributed by atoms with Gasteiger partial charge in [-0.1, -0.05) is 40.2 Å². The molecule has 1 fully saturated rings. The smallest absolute Gasteiger partial charge is 0.388 e. The number of pyridine rings is 1. The summed E-state index contributed by atoms with van der Waals surface area (Å²) in [5, 5.41) is 3.10. The molecule has 0 bridgehead atoms. The SMILES string of the molecule is Nc1nc(OC(F)(F)F)ccc1-c1ccc(C2(NC(=O)c3ccc(Br)cc3)CC2)cc1. The number of nitrogens with zero attached hydrogens (tertiary/aromatic N) is 1. The fourth-order valence-corrected chi connectivity index (χ4v) is 3.61. The molecule has 0 spiro atoms. The molecule has 0 unspecified atom stereocenters. The van der Waals surface area contributed by atoms with E-state index >= 15 is 0 Å². The maximum atomic E-state index is 12.6. The molecule has 0 radical (unpaired) electrons. The first-order valence-corrected chi connectivity index (χ1v) is 10.2. The Morgan fingerprint density at radius 3 is 2.23 bits per heavy atom. The van der Waals surface area contributed by atoms with E-state index < -0.39 is 17.8 Å². The number of hydrogen-bond acceptors (Lipinski definition) is 4. The zero-order valence-corrected chi connectivity index (χ0v) is 17.6. The molecule has 3 N–H and O–H groups in total. The molecule has 4 rings (SSSR count). The van der Waals surface area contributed by atoms with E-state index in [9.17, 15) is 18.0 Å². The predicted octanol–water partition coefficient (Wildman–Crippen LogP) is 5.41. The molecule has 1 aliphatic carbocycles. The third-order valence-electron chi connectivity index (χ3n) is 5.08. The molecule has 1 amide bonds. The van der Waals surface area contributed by atoms with Gasteiger partial charge in [-0.2, -0.15) is 4.98 Å². The highest BCUT2D eigenvalue weighted by Gasteiger charge is 2.45. The first kappa shape index (κ1) is 21.2. The average molecular weight is 492 g/mol. The normalized spacial score (nSPS) is 14.7. The molecule has 9 heteroatoms. The highest BCUT2D eigenvalue weighted by molar-refractivity contribution is 9.10. The minimum atomic E-state index is -4.83. The van der Waals surface area contributed by atoms with Gasteiger partial charge in [0.25, 0.3) is 5.91 Å². The van der Waals surface area contributed by atoms with Gasteiger partial charge in [-0.25, -0.2) is 0 Å². The van der Waals surface area contributed by atoms with Gasteiger partial charge in [0.1, 0.15) is 5.82 Å². The van der Waals surface area contributed by atoms with Crippen molar-refractivity contribution in [3.05, 3.63) is 76.3 Å². The van der Waals surface area contributed by atoms with Crippen LogP contribution in [0.3, 0.4) is 0 Å². The van der Waals surface area contributed by atoms with Crippen LogP contribution in [0, 0.1) is 0 Å². The van der Waals surface area contributed by atoms with Crippen LogP contribution >= 0.6 is 15.9 Å². The van der Waals surface area contributed by atoms with Crippen LogP contribution in [-0.2, 0) is 5.54 Å². The zero-order chi connectivity index (χ0) is 22.2. The summed E-state index contributed by atoms with van der Waals surface area (Å²) in [6.07, 6.45) is -3.19. The number of benzene rings is 2. The largest absolute Gasteiger partial charge is 0.574 e. The Morgan fingerprint density at radius 2 is 1.68 bits per heavy atom. The van der Waals surface area contributed by atoms with E-state index in [4.69, 9.17) is 5.73 Å². The number of rotatable bonds is 5. The summed E-state index contributed by atoms with van der Waals surface area (Å²) in [6.45, 7) is 0. The van der Waals surface area contributed by atoms with Crippen molar-refractivity contribution in [3.63, 3.8) is 0 Å². The number of hydrogen-bond donors (Lipinski definition) is 2. The van der Waals surface area contributed by atoms with E-state index in [1.165, 1.54) is 6.07 Å². The van der Waals surface area contributed by atoms with Gasteiger partial charge in [0, 0.05) is 21.7 Å². The Kier molecular flexibility index (Phi) is 5.38. The molecule has 1 aromatic heterocycles. The molecule has 0 aliphatic heterocycles. The van der Waals surface area contributed by atoms with Crippen molar-refractivity contribution in [2.24, 2.45) is 0 Å². The van der Waals surface area contributed by atoms with Gasteiger partial charge in [0.15, 0.2) is 0 Å². The van der Waals surface area contributed by atoms with Crippen molar-refractivity contribution in [2.45, 2.75) is 24.7 Å². The standard InChI is InChI=1S/C22H17BrF3N3O2/c23-16-7-3-14(4-8-16)20(30)29-21(11-12-21)15-5-1-13(2-6-15)17-9-10-18(28-19(17)27)31-22(24,25)26/h1-10H,11-12H2,(H2,27,28)(H,29,30). The quantitative estimate of drug-likeness (QED) is 0.500. The molecule has 5 nitrogen and oxygen atoms in total. The topological polar surface area (TPSA) is 77.2 Å². The Labute approximate surface area is 184 Å². The van der Waals surface area contributed by atoms with Gasteiger partial charge < -0.3 is 15.8 Å². The number of carbonyl (C=O) groups excluding carboxylic acids is 1. The molecule has 3 aromatic rings. The van der Waals surface area contributed by atoms with E-state index in [1.54, 1.807) is 24.3 Å². The van der Waals surface area contributed by atoms with Gasteiger partial charge in [-0.05, 0) is 54.3 Å². The van der Waals surface area contributed by atoms with E-state index in [0.717, 1.165) is 28.9 Å². The maximum absolute atomic E-state index is 12.6. The van der Waals surface area contributed by atoms with Crippen LogP contribution < -0.4 is 15.8 Å². The van der Waals surface area contributed by atoms with Gasteiger partial charge in [0.05, 0.1) is 5.54 Å². The number of alkyl halides is 3. The van der Waals surface area contributed by atoms with E-state index in [-0.39, 0.29) is 11.7 Å². The van der Waals surface area contributed by atoms with Crippen molar-refractivity contribution in [1.82, 2.24) is 10.3 Å². The molecule has 31 heavy (non-hydrogen) atoms. The van der Waals surface area contributed by atoms with Crippen LogP contribution in [-0.4, -0.2) is 17.3 Å². The van der Waals surface area contributed by atoms with Crippen LogP contribution in [0.15, 0.2) is 65.1 Å². The molecule has 0 saturated heterocycles. The van der Waals surface area contributed by atoms with Crippen LogP contribution in [0.4, 0.5) is 19.0 Å². The van der Waals surface area contributed by atoms with Gasteiger partial charge >= 0.3 is 6.36 Å². The molecular weight excluding hydrogens is 475 g/mol. The lowest BCUT2D eigenvalue weighted by atomic mass is 9.99. The summed E-state index contributed by atoms with van der Waals surface area (Å²) in [5.74, 6) is -0.833. The highest BCUT2D eigenvalue weighted by Crippen LogP contribution is 2.46. The highest BCUT2D eigenvalue weighted by atomic mass is 79.9. The summed E-state index contributed by atoms with van der Waals surface area (Å²) in [7, 11) is 0. The summed E-state index contributed by atoms with van der Waals surface area (Å²) in [6, 6.07) is 17.0. The van der Waals surface area contributed by atoms with Gasteiger partial charge in [-0.15, -0.1) is 13.2 Å². The molecule has 1 heterocycles. The fraction of sp³-hybridized carbons (Fsp3) is 0.182. The Bertz CT molecular complexity index is 1110. The monoisotopic (exact) mass is 491 g/mol. The first-order chi connectivity index (χ1) is 14.7. The number of carbonyl (C=O) groups is 1. The fourth-order valence-electron chi connectivity index (χ4n) is 3.35. The number of ether oxygens (including phenoxy) is 1. The third kappa shape index (κ3) is 4.82. The van der Waals surface area contributed by atoms with Crippen molar-refractivity contribution in [2.75, 3.05) is 5.73 Å². The summed E-state index contributed by atoms with van der Waals surface area (Å²) < 4.78 is 41.7. The lowest BCUT2D eigenvalue weighted by molar-refractivity contribution is -0.276. The van der Waals surface area contributed by atoms with E-state index in [0.29, 0.717) is 16.7 Å². The van der Waals surface area contributed by atoms with Gasteiger partial charge in [-0.3, -0.25) is 4.79 Å². The van der Waals surface area contributed by atoms with Crippen molar-refractivity contribution >= 4 is 27.7 Å². The zero-order valence-electron chi connectivity index (χ0n) is 16.0. The average Bonchev–Trinajstić information content (AvgIpc) is 3.48. The Hall–Kier alpha value is -3.07. The second kappa shape index (κ2) is 7.88. The minimum absolute atomic E-state index is 0.0702. The second-order valence-corrected chi connectivity index (χ2v) is 8.17. The van der Waals surface area contributed by atoms with Gasteiger partial charge in [0.2, 0.25) is 5.88 Å². The number of aromatic nitrogens is 1. The second-order valence-electron chi connectivity index (χ2n) is 7.25. The van der Waals surface area contributed by atoms with Crippen LogP contribution in [0.5, 0.6) is 5.88 Å². The van der Waals surface area contributed by atoms with E-state index in [1.807, 2.05) is 24.3 Å². The van der Waals surface area contributed by atoms with Crippen molar-refractivity contribution < 1.29 is 22.7 Å². The molecular formula is C22H17BrF3N3O2. The summed E-state index contributed by atoms with van der Waals surface area (Å²) >= 11 is 3.35. The number of nitrogens with one attached hydrogen (secondary N) is 1. The third-order valence-corrected chi connectivity index (χ3v) is 5.61. The Morgan fingerprint density at radius 1 is 1.03 bits per heavy atom. The lowest BCUT2D eigenvalue weighted by Gasteiger charge is -2.19. The first-order valence-electron chi connectivity index (χ1n) is 9.36. The number of amides is 1. The molecule has 160 valence electrons. The van der Waals surface area contributed by atoms with Crippen molar-refractivity contribution in [3.8, 4) is 17.0 Å². The molecule has 0 atom stereocenters. The number of nitrogen functional groups attached to an aromatic ring is 1. The number of halogens is 4. The number of anilines is 1. The molecule has 1 saturated carbocycles. The van der Waals surface area contributed by atoms with Crippen LogP contribution in [0.2, 0.25) is 0 Å². The van der Waals surface area contributed by atoms with Crippen molar-refractivity contribution in [1.29, 1.82) is 0 Å². The Balaban J connectivity index is 1.50. The summed E-state index contributed by atoms with van der Waals surface area (Å²) in [5.41, 5.74) is 8.12. The molecule has 2 aromatic carbocycles. The predicted molar refractivity (Wildman–Crippen MR) is 113 cm³/mol. The minimum Gasteiger partial charge on any atom is -0.388 e. The lowest BCUT2D eigenvalue weighted by Crippen LogP contribution is -2.34. The molecule has 1 aliphatic rings. The van der Waals surface area contributed by atoms with E-state index in [2.05, 4.69) is 31.0 Å². The summed E-state index contributed by atoms with van der Waals surface area (Å²) in [4.78, 5) is 16.3. The van der Waals surface area contributed by atoms with Crippen LogP contribution in [0.25, 0.3) is 11.1 Å². The van der Waals surface area contributed by atoms with Crippen LogP contribution in [0.1, 0.15) is 28.8 Å². The number of nitrogens with two attached hydrogens (primary N) is 1. The maximum Gasteiger partial charge on any atom is 0.574 e.